The third-order valence-corrected chi connectivity index (χ3v) is 2.30. The van der Waals surface area contributed by atoms with Gasteiger partial charge in [-0.3, -0.25) is 0 Å². The smallest absolute Gasteiger partial charge is 0.120 e. The normalized spacial score (nSPS) is 13.5. The molecule has 1 aromatic rings. The number of allylic oxidation sites excluding steroid dienone is 2. The first-order valence-electron chi connectivity index (χ1n) is 4.27. The van der Waals surface area contributed by atoms with Crippen LogP contribution in [0.4, 0.5) is 0 Å². The van der Waals surface area contributed by atoms with Crippen LogP contribution in [0.3, 0.4) is 0 Å². The molecule has 70 valence electrons. The van der Waals surface area contributed by atoms with E-state index in [2.05, 4.69) is 0 Å². The van der Waals surface area contributed by atoms with Gasteiger partial charge in [-0.15, -0.1) is 0 Å². The molecule has 0 aliphatic rings. The quantitative estimate of drug-likeness (QED) is 0.715. The second-order valence-electron chi connectivity index (χ2n) is 2.99. The van der Waals surface area contributed by atoms with Crippen LogP contribution in [0.2, 0.25) is 5.02 Å². The molecule has 0 heterocycles. The molecule has 13 heavy (non-hydrogen) atoms. The SMILES string of the molecule is C/C=C/C(C)c1c(O)cccc1Cl. The van der Waals surface area contributed by atoms with Crippen molar-refractivity contribution in [3.8, 4) is 5.75 Å². The summed E-state index contributed by atoms with van der Waals surface area (Å²) in [6.07, 6.45) is 3.95. The molecule has 0 saturated heterocycles. The van der Waals surface area contributed by atoms with Gasteiger partial charge in [0.2, 0.25) is 0 Å². The molecule has 0 saturated carbocycles. The summed E-state index contributed by atoms with van der Waals surface area (Å²) >= 11 is 5.97. The van der Waals surface area contributed by atoms with Crippen molar-refractivity contribution in [2.75, 3.05) is 0 Å². The number of phenolic OH excluding ortho intramolecular Hbond substituents is 1. The van der Waals surface area contributed by atoms with Crippen LogP contribution in [0.5, 0.6) is 5.75 Å². The topological polar surface area (TPSA) is 20.2 Å². The van der Waals surface area contributed by atoms with E-state index in [1.807, 2.05) is 26.0 Å². The lowest BCUT2D eigenvalue weighted by molar-refractivity contribution is 0.467. The fourth-order valence-electron chi connectivity index (χ4n) is 1.36. The molecule has 1 N–H and O–H groups in total. The predicted octanol–water partition coefficient (Wildman–Crippen LogP) is 3.73. The third-order valence-electron chi connectivity index (χ3n) is 1.97. The Morgan fingerprint density at radius 2 is 2.15 bits per heavy atom. The fourth-order valence-corrected chi connectivity index (χ4v) is 1.70. The Hall–Kier alpha value is -0.950. The lowest BCUT2D eigenvalue weighted by Gasteiger charge is -2.10. The molecule has 1 nitrogen and oxygen atoms in total. The molecule has 0 aliphatic carbocycles. The summed E-state index contributed by atoms with van der Waals surface area (Å²) in [5.74, 6) is 0.414. The maximum absolute atomic E-state index is 9.57. The number of hydrogen-bond acceptors (Lipinski definition) is 1. The molecule has 0 fully saturated rings. The molecule has 0 bridgehead atoms. The molecule has 0 aliphatic heterocycles. The highest BCUT2D eigenvalue weighted by molar-refractivity contribution is 6.31. The molecule has 1 unspecified atom stereocenters. The zero-order valence-electron chi connectivity index (χ0n) is 7.79. The van der Waals surface area contributed by atoms with Gasteiger partial charge in [-0.25, -0.2) is 0 Å². The van der Waals surface area contributed by atoms with Gasteiger partial charge in [-0.05, 0) is 19.1 Å². The van der Waals surface area contributed by atoms with Crippen molar-refractivity contribution in [2.24, 2.45) is 0 Å². The standard InChI is InChI=1S/C11H13ClO/c1-3-5-8(2)11-9(12)6-4-7-10(11)13/h3-8,13H,1-2H3/b5-3+. The van der Waals surface area contributed by atoms with Gasteiger partial charge in [0.1, 0.15) is 5.75 Å². The molecular weight excluding hydrogens is 184 g/mol. The average Bonchev–Trinajstić information content (AvgIpc) is 2.04. The van der Waals surface area contributed by atoms with E-state index in [-0.39, 0.29) is 11.7 Å². The Balaban J connectivity index is 3.12. The van der Waals surface area contributed by atoms with Crippen LogP contribution in [0.25, 0.3) is 0 Å². The molecule has 0 amide bonds. The van der Waals surface area contributed by atoms with E-state index in [1.165, 1.54) is 0 Å². The van der Waals surface area contributed by atoms with Crippen LogP contribution in [-0.2, 0) is 0 Å². The second kappa shape index (κ2) is 4.33. The lowest BCUT2D eigenvalue weighted by atomic mass is 10.00. The zero-order chi connectivity index (χ0) is 9.84. The van der Waals surface area contributed by atoms with Crippen molar-refractivity contribution in [3.63, 3.8) is 0 Å². The Morgan fingerprint density at radius 3 is 2.69 bits per heavy atom. The van der Waals surface area contributed by atoms with Crippen LogP contribution in [0.15, 0.2) is 30.4 Å². The van der Waals surface area contributed by atoms with Crippen LogP contribution in [-0.4, -0.2) is 5.11 Å². The van der Waals surface area contributed by atoms with Gasteiger partial charge in [0.15, 0.2) is 0 Å². The second-order valence-corrected chi connectivity index (χ2v) is 3.39. The minimum atomic E-state index is 0.152. The van der Waals surface area contributed by atoms with E-state index in [0.29, 0.717) is 5.02 Å². The lowest BCUT2D eigenvalue weighted by Crippen LogP contribution is -1.90. The van der Waals surface area contributed by atoms with Crippen molar-refractivity contribution in [2.45, 2.75) is 19.8 Å². The Labute approximate surface area is 83.7 Å². The molecule has 1 aromatic carbocycles. The summed E-state index contributed by atoms with van der Waals surface area (Å²) in [5.41, 5.74) is 0.794. The average molecular weight is 197 g/mol. The molecule has 0 spiro atoms. The van der Waals surface area contributed by atoms with Gasteiger partial charge >= 0.3 is 0 Å². The van der Waals surface area contributed by atoms with E-state index >= 15 is 0 Å². The largest absolute Gasteiger partial charge is 0.508 e. The summed E-state index contributed by atoms with van der Waals surface area (Å²) < 4.78 is 0. The maximum Gasteiger partial charge on any atom is 0.120 e. The number of rotatable bonds is 2. The number of halogens is 1. The van der Waals surface area contributed by atoms with Crippen molar-refractivity contribution in [1.29, 1.82) is 0 Å². The Morgan fingerprint density at radius 1 is 1.46 bits per heavy atom. The summed E-state index contributed by atoms with van der Waals surface area (Å²) in [7, 11) is 0. The Kier molecular flexibility index (Phi) is 3.38. The van der Waals surface area contributed by atoms with Crippen LogP contribution >= 0.6 is 11.6 Å². The Bertz CT molecular complexity index is 298. The molecular formula is C11H13ClO. The minimum Gasteiger partial charge on any atom is -0.508 e. The first kappa shape index (κ1) is 10.1. The van der Waals surface area contributed by atoms with Gasteiger partial charge in [0.25, 0.3) is 0 Å². The zero-order valence-corrected chi connectivity index (χ0v) is 8.55. The molecule has 1 rings (SSSR count). The highest BCUT2D eigenvalue weighted by atomic mass is 35.5. The van der Waals surface area contributed by atoms with Gasteiger partial charge in [0.05, 0.1) is 0 Å². The summed E-state index contributed by atoms with van der Waals surface area (Å²) in [4.78, 5) is 0. The monoisotopic (exact) mass is 196 g/mol. The molecule has 1 atom stereocenters. The van der Waals surface area contributed by atoms with Crippen molar-refractivity contribution in [3.05, 3.63) is 40.9 Å². The van der Waals surface area contributed by atoms with Crippen LogP contribution in [0, 0.1) is 0 Å². The number of hydrogen-bond donors (Lipinski definition) is 1. The molecule has 2 heteroatoms. The van der Waals surface area contributed by atoms with Gasteiger partial charge in [-0.1, -0.05) is 36.7 Å². The number of benzene rings is 1. The minimum absolute atomic E-state index is 0.152. The highest BCUT2D eigenvalue weighted by Gasteiger charge is 2.10. The van der Waals surface area contributed by atoms with E-state index in [4.69, 9.17) is 11.6 Å². The number of aromatic hydroxyl groups is 1. The maximum atomic E-state index is 9.57. The van der Waals surface area contributed by atoms with Crippen molar-refractivity contribution in [1.82, 2.24) is 0 Å². The van der Waals surface area contributed by atoms with E-state index < -0.39 is 0 Å². The summed E-state index contributed by atoms with van der Waals surface area (Å²) in [6.45, 7) is 3.95. The van der Waals surface area contributed by atoms with Gasteiger partial charge < -0.3 is 5.11 Å². The van der Waals surface area contributed by atoms with Gasteiger partial charge in [0, 0.05) is 16.5 Å². The van der Waals surface area contributed by atoms with Crippen LogP contribution in [0.1, 0.15) is 25.3 Å². The van der Waals surface area contributed by atoms with Crippen LogP contribution < -0.4 is 0 Å². The third kappa shape index (κ3) is 2.25. The molecule has 0 radical (unpaired) electrons. The summed E-state index contributed by atoms with van der Waals surface area (Å²) in [6, 6.07) is 5.18. The van der Waals surface area contributed by atoms with E-state index in [9.17, 15) is 5.11 Å². The first-order chi connectivity index (χ1) is 6.16. The van der Waals surface area contributed by atoms with Crippen molar-refractivity contribution >= 4 is 11.6 Å². The highest BCUT2D eigenvalue weighted by Crippen LogP contribution is 2.32. The molecule has 0 aromatic heterocycles. The number of phenols is 1. The van der Waals surface area contributed by atoms with E-state index in [1.54, 1.807) is 18.2 Å². The summed E-state index contributed by atoms with van der Waals surface area (Å²) in [5, 5.41) is 10.2. The first-order valence-corrected chi connectivity index (χ1v) is 4.64. The van der Waals surface area contributed by atoms with E-state index in [0.717, 1.165) is 5.56 Å². The van der Waals surface area contributed by atoms with Gasteiger partial charge in [-0.2, -0.15) is 0 Å². The van der Waals surface area contributed by atoms with Crippen molar-refractivity contribution < 1.29 is 5.11 Å². The predicted molar refractivity (Wildman–Crippen MR) is 56.3 cm³/mol. The fraction of sp³-hybridized carbons (Fsp3) is 0.273.